The van der Waals surface area contributed by atoms with Crippen molar-refractivity contribution in [3.8, 4) is 0 Å². The molecule has 2 heterocycles. The van der Waals surface area contributed by atoms with E-state index in [1.807, 2.05) is 0 Å². The second kappa shape index (κ2) is 5.34. The molecule has 1 atom stereocenters. The van der Waals surface area contributed by atoms with E-state index in [2.05, 4.69) is 4.90 Å². The molecule has 2 fully saturated rings. The molecule has 82 valence electrons. The summed E-state index contributed by atoms with van der Waals surface area (Å²) in [6.07, 6.45) is 4.95. The van der Waals surface area contributed by atoms with Crippen molar-refractivity contribution in [2.75, 3.05) is 32.8 Å². The molecule has 0 amide bonds. The average molecular weight is 218 g/mol. The fourth-order valence-corrected chi connectivity index (χ4v) is 2.81. The molecular formula is C11H20ClNO. The number of likely N-dealkylation sites (tertiary alicyclic amines) is 1. The zero-order valence-corrected chi connectivity index (χ0v) is 9.51. The highest BCUT2D eigenvalue weighted by atomic mass is 35.5. The molecule has 0 aliphatic carbocycles. The van der Waals surface area contributed by atoms with Crippen LogP contribution in [-0.4, -0.2) is 43.1 Å². The molecule has 2 aliphatic heterocycles. The van der Waals surface area contributed by atoms with Crippen LogP contribution in [0.4, 0.5) is 0 Å². The van der Waals surface area contributed by atoms with Crippen molar-refractivity contribution >= 4 is 11.6 Å². The summed E-state index contributed by atoms with van der Waals surface area (Å²) in [5.41, 5.74) is 0. The lowest BCUT2D eigenvalue weighted by Gasteiger charge is -2.34. The van der Waals surface area contributed by atoms with E-state index in [0.717, 1.165) is 25.7 Å². The van der Waals surface area contributed by atoms with Gasteiger partial charge in [0.2, 0.25) is 0 Å². The van der Waals surface area contributed by atoms with Gasteiger partial charge < -0.3 is 9.64 Å². The van der Waals surface area contributed by atoms with Crippen LogP contribution in [0.5, 0.6) is 0 Å². The lowest BCUT2D eigenvalue weighted by Crippen LogP contribution is -2.40. The summed E-state index contributed by atoms with van der Waals surface area (Å²) in [6, 6.07) is 0. The zero-order valence-electron chi connectivity index (χ0n) is 8.75. The van der Waals surface area contributed by atoms with E-state index in [4.69, 9.17) is 16.3 Å². The maximum atomic E-state index is 6.16. The average Bonchev–Trinajstić information content (AvgIpc) is 2.19. The fraction of sp³-hybridized carbons (Fsp3) is 1.00. The summed E-state index contributed by atoms with van der Waals surface area (Å²) in [6.45, 7) is 5.51. The van der Waals surface area contributed by atoms with Gasteiger partial charge in [0.25, 0.3) is 0 Å². The number of hydrogen-bond donors (Lipinski definition) is 0. The van der Waals surface area contributed by atoms with Crippen molar-refractivity contribution in [2.24, 2.45) is 5.92 Å². The molecule has 0 bridgehead atoms. The second-order valence-electron chi connectivity index (χ2n) is 4.55. The molecule has 14 heavy (non-hydrogen) atoms. The predicted molar refractivity (Wildman–Crippen MR) is 58.9 cm³/mol. The number of alkyl halides is 1. The monoisotopic (exact) mass is 217 g/mol. The van der Waals surface area contributed by atoms with E-state index < -0.39 is 0 Å². The van der Waals surface area contributed by atoms with Gasteiger partial charge in [-0.25, -0.2) is 0 Å². The van der Waals surface area contributed by atoms with Gasteiger partial charge in [0.05, 0.1) is 0 Å². The van der Waals surface area contributed by atoms with Crippen molar-refractivity contribution in [1.29, 1.82) is 0 Å². The molecule has 2 saturated heterocycles. The predicted octanol–water partition coefficient (Wildman–Crippen LogP) is 2.12. The molecule has 2 aliphatic rings. The quantitative estimate of drug-likeness (QED) is 0.657. The molecule has 3 heteroatoms. The molecule has 0 aromatic carbocycles. The Kier molecular flexibility index (Phi) is 4.09. The number of halogens is 1. The highest BCUT2D eigenvalue weighted by molar-refractivity contribution is 6.20. The Labute approximate surface area is 91.6 Å². The van der Waals surface area contributed by atoms with Gasteiger partial charge in [0, 0.05) is 31.7 Å². The van der Waals surface area contributed by atoms with Gasteiger partial charge in [-0.2, -0.15) is 0 Å². The highest BCUT2D eigenvalue weighted by Gasteiger charge is 2.22. The molecule has 2 nitrogen and oxygen atoms in total. The van der Waals surface area contributed by atoms with Crippen molar-refractivity contribution in [3.05, 3.63) is 0 Å². The maximum absolute atomic E-state index is 6.16. The summed E-state index contributed by atoms with van der Waals surface area (Å²) < 4.78 is 5.37. The van der Waals surface area contributed by atoms with E-state index in [9.17, 15) is 0 Å². The summed E-state index contributed by atoms with van der Waals surface area (Å²) in [4.78, 5) is 2.54. The highest BCUT2D eigenvalue weighted by Crippen LogP contribution is 2.20. The lowest BCUT2D eigenvalue weighted by molar-refractivity contribution is 0.0500. The van der Waals surface area contributed by atoms with Crippen LogP contribution in [0.15, 0.2) is 0 Å². The van der Waals surface area contributed by atoms with E-state index in [1.54, 1.807) is 0 Å². The van der Waals surface area contributed by atoms with Gasteiger partial charge in [-0.05, 0) is 38.1 Å². The minimum absolute atomic E-state index is 0.392. The first kappa shape index (κ1) is 10.7. The van der Waals surface area contributed by atoms with Gasteiger partial charge >= 0.3 is 0 Å². The third kappa shape index (κ3) is 3.11. The van der Waals surface area contributed by atoms with Crippen LogP contribution in [0, 0.1) is 5.92 Å². The third-order valence-electron chi connectivity index (χ3n) is 3.31. The van der Waals surface area contributed by atoms with Crippen LogP contribution in [-0.2, 0) is 4.74 Å². The Hall–Kier alpha value is 0.210. The van der Waals surface area contributed by atoms with Gasteiger partial charge in [0.1, 0.15) is 0 Å². The maximum Gasteiger partial charge on any atom is 0.0469 e. The first-order valence-electron chi connectivity index (χ1n) is 5.79. The van der Waals surface area contributed by atoms with E-state index >= 15 is 0 Å². The molecule has 0 saturated carbocycles. The number of nitrogens with zero attached hydrogens (tertiary/aromatic N) is 1. The molecule has 0 spiro atoms. The van der Waals surface area contributed by atoms with Crippen molar-refractivity contribution in [2.45, 2.75) is 31.1 Å². The molecule has 0 aromatic heterocycles. The van der Waals surface area contributed by atoms with Crippen LogP contribution in [0.25, 0.3) is 0 Å². The van der Waals surface area contributed by atoms with Crippen molar-refractivity contribution in [3.63, 3.8) is 0 Å². The van der Waals surface area contributed by atoms with Crippen LogP contribution >= 0.6 is 11.6 Å². The molecule has 0 radical (unpaired) electrons. The Morgan fingerprint density at radius 1 is 1.21 bits per heavy atom. The number of hydrogen-bond acceptors (Lipinski definition) is 2. The van der Waals surface area contributed by atoms with Gasteiger partial charge in [-0.3, -0.25) is 0 Å². The largest absolute Gasteiger partial charge is 0.381 e. The molecule has 1 unspecified atom stereocenters. The van der Waals surface area contributed by atoms with Crippen LogP contribution in [0.3, 0.4) is 0 Å². The number of piperidine rings is 1. The normalized spacial score (nSPS) is 31.9. The van der Waals surface area contributed by atoms with E-state index in [0.29, 0.717) is 5.38 Å². The van der Waals surface area contributed by atoms with Gasteiger partial charge in [-0.15, -0.1) is 11.6 Å². The van der Waals surface area contributed by atoms with Gasteiger partial charge in [-0.1, -0.05) is 0 Å². The van der Waals surface area contributed by atoms with Crippen LogP contribution in [0.2, 0.25) is 0 Å². The summed E-state index contributed by atoms with van der Waals surface area (Å²) >= 11 is 6.16. The SMILES string of the molecule is ClC1CCCN(CC2CCOCC2)C1. The Bertz CT molecular complexity index is 171. The molecular weight excluding hydrogens is 198 g/mol. The molecule has 0 aromatic rings. The first-order valence-corrected chi connectivity index (χ1v) is 6.22. The van der Waals surface area contributed by atoms with E-state index in [1.165, 1.54) is 38.8 Å². The second-order valence-corrected chi connectivity index (χ2v) is 5.17. The summed E-state index contributed by atoms with van der Waals surface area (Å²) in [5, 5.41) is 0.392. The first-order chi connectivity index (χ1) is 6.84. The van der Waals surface area contributed by atoms with Crippen LogP contribution in [0.1, 0.15) is 25.7 Å². The Morgan fingerprint density at radius 3 is 2.71 bits per heavy atom. The minimum Gasteiger partial charge on any atom is -0.381 e. The van der Waals surface area contributed by atoms with Crippen molar-refractivity contribution in [1.82, 2.24) is 4.90 Å². The smallest absolute Gasteiger partial charge is 0.0469 e. The van der Waals surface area contributed by atoms with Gasteiger partial charge in [0.15, 0.2) is 0 Å². The molecule has 0 N–H and O–H groups in total. The van der Waals surface area contributed by atoms with E-state index in [-0.39, 0.29) is 0 Å². The van der Waals surface area contributed by atoms with Crippen molar-refractivity contribution < 1.29 is 4.74 Å². The fourth-order valence-electron chi connectivity index (χ4n) is 2.46. The number of ether oxygens (including phenoxy) is 1. The minimum atomic E-state index is 0.392. The number of rotatable bonds is 2. The zero-order chi connectivity index (χ0) is 9.80. The third-order valence-corrected chi connectivity index (χ3v) is 3.66. The topological polar surface area (TPSA) is 12.5 Å². The summed E-state index contributed by atoms with van der Waals surface area (Å²) in [7, 11) is 0. The standard InChI is InChI=1S/C11H20ClNO/c12-11-2-1-5-13(9-11)8-10-3-6-14-7-4-10/h10-11H,1-9H2. The van der Waals surface area contributed by atoms with Crippen LogP contribution < -0.4 is 0 Å². The summed E-state index contributed by atoms with van der Waals surface area (Å²) in [5.74, 6) is 0.853. The Balaban J connectivity index is 1.72. The molecule has 2 rings (SSSR count). The lowest BCUT2D eigenvalue weighted by atomic mass is 9.98. The Morgan fingerprint density at radius 2 is 2.00 bits per heavy atom.